The molecular formula is C12H22O2PtSi. The molecule has 0 aromatic carbocycles. The monoisotopic (exact) mass is 421 g/mol. The first-order valence-electron chi connectivity index (χ1n) is 6.12. The summed E-state index contributed by atoms with van der Waals surface area (Å²) in [6.45, 7) is 2.71. The fraction of sp³-hybridized carbons (Fsp3) is 0.833. The van der Waals surface area contributed by atoms with Crippen molar-refractivity contribution in [3.63, 3.8) is 0 Å². The molecule has 2 aliphatic rings. The van der Waals surface area contributed by atoms with Crippen LogP contribution in [0.15, 0.2) is 0 Å². The van der Waals surface area contributed by atoms with Crippen LogP contribution >= 0.6 is 0 Å². The Morgan fingerprint density at radius 2 is 1.81 bits per heavy atom. The van der Waals surface area contributed by atoms with Crippen LogP contribution in [0.4, 0.5) is 0 Å². The van der Waals surface area contributed by atoms with Crippen LogP contribution in [0.25, 0.3) is 0 Å². The molecule has 0 radical (unpaired) electrons. The van der Waals surface area contributed by atoms with Gasteiger partial charge in [-0.2, -0.15) is 12.8 Å². The second kappa shape index (κ2) is 9.55. The molecule has 16 heavy (non-hydrogen) atoms. The maximum Gasteiger partial charge on any atom is 2.00 e. The molecule has 0 spiro atoms. The minimum atomic E-state index is -1.92. The van der Waals surface area contributed by atoms with Gasteiger partial charge in [0.1, 0.15) is 0 Å². The third kappa shape index (κ3) is 6.98. The molecular weight excluding hydrogens is 399 g/mol. The summed E-state index contributed by atoms with van der Waals surface area (Å²) in [7, 11) is -1.92. The van der Waals surface area contributed by atoms with E-state index < -0.39 is 8.32 Å². The molecule has 2 nitrogen and oxygen atoms in total. The Balaban J connectivity index is 0.000000283. The molecule has 0 amide bonds. The second-order valence-electron chi connectivity index (χ2n) is 4.57. The summed E-state index contributed by atoms with van der Waals surface area (Å²) in [6.07, 6.45) is 11.8. The quantitative estimate of drug-likeness (QED) is 0.480. The van der Waals surface area contributed by atoms with Crippen molar-refractivity contribution < 1.29 is 30.3 Å². The van der Waals surface area contributed by atoms with E-state index in [0.717, 1.165) is 25.5 Å². The fourth-order valence-electron chi connectivity index (χ4n) is 1.91. The average Bonchev–Trinajstić information content (AvgIpc) is 2.33. The summed E-state index contributed by atoms with van der Waals surface area (Å²) in [5.41, 5.74) is 0. The van der Waals surface area contributed by atoms with Crippen LogP contribution in [0.2, 0.25) is 12.6 Å². The summed E-state index contributed by atoms with van der Waals surface area (Å²) in [5, 5.41) is 0. The molecule has 1 aliphatic heterocycles. The fourth-order valence-corrected chi connectivity index (χ4v) is 3.74. The minimum Gasteiger partial charge on any atom is -0.542 e. The van der Waals surface area contributed by atoms with Gasteiger partial charge in [0.05, 0.1) is 8.32 Å². The number of hydrogen-bond acceptors (Lipinski definition) is 2. The smallest absolute Gasteiger partial charge is 0.542 e. The van der Waals surface area contributed by atoms with Gasteiger partial charge in [-0.25, -0.2) is 5.91 Å². The van der Waals surface area contributed by atoms with Crippen LogP contribution in [0.3, 0.4) is 0 Å². The van der Waals surface area contributed by atoms with Crippen LogP contribution in [0.5, 0.6) is 0 Å². The van der Waals surface area contributed by atoms with E-state index >= 15 is 0 Å². The molecule has 0 aromatic rings. The average molecular weight is 421 g/mol. The maximum absolute atomic E-state index is 10.3. The van der Waals surface area contributed by atoms with E-state index in [1.54, 1.807) is 0 Å². The van der Waals surface area contributed by atoms with Crippen LogP contribution in [-0.2, 0) is 30.3 Å². The summed E-state index contributed by atoms with van der Waals surface area (Å²) in [6, 6.07) is 0.969. The molecule has 1 saturated carbocycles. The topological polar surface area (TPSA) is 26.3 Å². The first kappa shape index (κ1) is 16.5. The van der Waals surface area contributed by atoms with Crippen molar-refractivity contribution in [3.05, 3.63) is 6.42 Å². The van der Waals surface area contributed by atoms with Gasteiger partial charge in [0.2, 0.25) is 0 Å². The standard InChI is InChI=1S/C6H11O2Si.C6H11.Pt/c1-9(6-7)5-3-2-4-8-9;1-2-4-6-5-3-1;/h2-5H2,1H3;1H,2-6H2;/q2*-1;+2. The molecule has 2 fully saturated rings. The number of rotatable bonds is 1. The predicted molar refractivity (Wildman–Crippen MR) is 64.7 cm³/mol. The van der Waals surface area contributed by atoms with Crippen LogP contribution in [0.1, 0.15) is 44.9 Å². The molecule has 0 aromatic heterocycles. The van der Waals surface area contributed by atoms with E-state index in [2.05, 4.69) is 6.42 Å². The Morgan fingerprint density at radius 3 is 2.06 bits per heavy atom. The van der Waals surface area contributed by atoms with Crippen molar-refractivity contribution in [2.24, 2.45) is 0 Å². The molecule has 96 valence electrons. The van der Waals surface area contributed by atoms with Crippen LogP contribution < -0.4 is 0 Å². The Bertz CT molecular complexity index is 166. The van der Waals surface area contributed by atoms with Crippen molar-refractivity contribution in [1.29, 1.82) is 0 Å². The van der Waals surface area contributed by atoms with Gasteiger partial charge in [-0.1, -0.05) is 38.3 Å². The summed E-state index contributed by atoms with van der Waals surface area (Å²) in [5.74, 6) is 2.05. The van der Waals surface area contributed by atoms with Crippen molar-refractivity contribution in [2.75, 3.05) is 6.61 Å². The summed E-state index contributed by atoms with van der Waals surface area (Å²) >= 11 is 0. The minimum absolute atomic E-state index is 0. The van der Waals surface area contributed by atoms with Crippen LogP contribution in [-0.4, -0.2) is 20.8 Å². The third-order valence-corrected chi connectivity index (χ3v) is 5.58. The van der Waals surface area contributed by atoms with Gasteiger partial charge in [0.25, 0.3) is 0 Å². The molecule has 1 aliphatic carbocycles. The molecule has 1 atom stereocenters. The Labute approximate surface area is 115 Å². The maximum atomic E-state index is 10.3. The molecule has 4 heteroatoms. The summed E-state index contributed by atoms with van der Waals surface area (Å²) in [4.78, 5) is 10.3. The predicted octanol–water partition coefficient (Wildman–Crippen LogP) is 3.17. The van der Waals surface area contributed by atoms with Crippen LogP contribution in [0, 0.1) is 6.42 Å². The number of hydrogen-bond donors (Lipinski definition) is 0. The van der Waals surface area contributed by atoms with Gasteiger partial charge in [0.15, 0.2) is 0 Å². The Kier molecular flexibility index (Phi) is 9.87. The molecule has 2 rings (SSSR count). The number of carbonyl (C=O) groups excluding carboxylic acids is 1. The van der Waals surface area contributed by atoms with E-state index in [4.69, 9.17) is 4.43 Å². The van der Waals surface area contributed by atoms with E-state index in [9.17, 15) is 4.79 Å². The molecule has 0 N–H and O–H groups in total. The van der Waals surface area contributed by atoms with E-state index in [1.807, 2.05) is 12.5 Å². The van der Waals surface area contributed by atoms with Crippen molar-refractivity contribution in [3.8, 4) is 0 Å². The van der Waals surface area contributed by atoms with E-state index in [1.165, 1.54) is 32.1 Å². The first-order valence-corrected chi connectivity index (χ1v) is 8.73. The molecule has 1 saturated heterocycles. The van der Waals surface area contributed by atoms with Gasteiger partial charge in [-0.15, -0.1) is 0 Å². The van der Waals surface area contributed by atoms with Crippen molar-refractivity contribution in [2.45, 2.75) is 57.5 Å². The van der Waals surface area contributed by atoms with Gasteiger partial charge in [-0.05, 0) is 6.42 Å². The van der Waals surface area contributed by atoms with Gasteiger partial charge >= 0.3 is 21.1 Å². The largest absolute Gasteiger partial charge is 2.00 e. The zero-order valence-electron chi connectivity index (χ0n) is 10.1. The van der Waals surface area contributed by atoms with Crippen molar-refractivity contribution >= 4 is 14.2 Å². The first-order chi connectivity index (χ1) is 7.27. The zero-order valence-corrected chi connectivity index (χ0v) is 13.3. The van der Waals surface area contributed by atoms with Gasteiger partial charge in [-0.3, -0.25) is 0 Å². The van der Waals surface area contributed by atoms with Gasteiger partial charge < -0.3 is 15.6 Å². The third-order valence-electron chi connectivity index (χ3n) is 3.00. The Morgan fingerprint density at radius 1 is 1.12 bits per heavy atom. The molecule has 1 unspecified atom stereocenters. The second-order valence-corrected chi connectivity index (χ2v) is 8.02. The molecule has 1 heterocycles. The van der Waals surface area contributed by atoms with Crippen molar-refractivity contribution in [1.82, 2.24) is 0 Å². The zero-order chi connectivity index (χ0) is 11.0. The normalized spacial score (nSPS) is 29.3. The SMILES string of the molecule is C[Si]1([C-]=O)CCCCO1.[CH-]1CCCCC1.[Pt+2]. The molecule has 0 bridgehead atoms. The Hall–Kier alpha value is 0.535. The summed E-state index contributed by atoms with van der Waals surface area (Å²) < 4.78 is 5.33. The van der Waals surface area contributed by atoms with E-state index in [0.29, 0.717) is 0 Å². The van der Waals surface area contributed by atoms with E-state index in [-0.39, 0.29) is 21.1 Å². The van der Waals surface area contributed by atoms with Gasteiger partial charge in [0, 0.05) is 6.61 Å².